The molecule has 192 valence electrons. The van der Waals surface area contributed by atoms with Crippen molar-refractivity contribution >= 4 is 29.6 Å². The summed E-state index contributed by atoms with van der Waals surface area (Å²) in [6, 6.07) is 13.0. The van der Waals surface area contributed by atoms with Crippen molar-refractivity contribution in [2.75, 3.05) is 19.6 Å². The van der Waals surface area contributed by atoms with Crippen LogP contribution >= 0.6 is 0 Å². The van der Waals surface area contributed by atoms with Crippen molar-refractivity contribution in [2.24, 2.45) is 5.73 Å². The van der Waals surface area contributed by atoms with Gasteiger partial charge in [0.25, 0.3) is 0 Å². The van der Waals surface area contributed by atoms with Crippen LogP contribution in [0.2, 0.25) is 0 Å². The zero-order valence-corrected chi connectivity index (χ0v) is 19.4. The van der Waals surface area contributed by atoms with E-state index in [1.165, 1.54) is 12.1 Å². The molecule has 2 aromatic carbocycles. The van der Waals surface area contributed by atoms with E-state index in [1.54, 1.807) is 42.5 Å². The van der Waals surface area contributed by atoms with E-state index in [0.29, 0.717) is 0 Å². The van der Waals surface area contributed by atoms with Crippen LogP contribution in [0.5, 0.6) is 5.75 Å². The van der Waals surface area contributed by atoms with Gasteiger partial charge in [0.2, 0.25) is 23.6 Å². The lowest BCUT2D eigenvalue weighted by atomic mass is 10.1. The van der Waals surface area contributed by atoms with Gasteiger partial charge in [0.05, 0.1) is 19.1 Å². The molecule has 0 aliphatic carbocycles. The molecular formula is C24H29N5O7. The van der Waals surface area contributed by atoms with Gasteiger partial charge >= 0.3 is 5.97 Å². The van der Waals surface area contributed by atoms with Crippen LogP contribution in [0.4, 0.5) is 0 Å². The van der Waals surface area contributed by atoms with Crippen LogP contribution in [-0.4, -0.2) is 71.5 Å². The molecule has 0 aliphatic heterocycles. The van der Waals surface area contributed by atoms with E-state index in [9.17, 15) is 29.1 Å². The second-order valence-corrected chi connectivity index (χ2v) is 7.89. The Morgan fingerprint density at radius 2 is 1.31 bits per heavy atom. The monoisotopic (exact) mass is 499 g/mol. The minimum atomic E-state index is -1.23. The third kappa shape index (κ3) is 10.2. The molecule has 0 aliphatic rings. The van der Waals surface area contributed by atoms with Gasteiger partial charge in [0, 0.05) is 6.42 Å². The number of hydrogen-bond acceptors (Lipinski definition) is 7. The van der Waals surface area contributed by atoms with Crippen LogP contribution in [-0.2, 0) is 36.8 Å². The van der Waals surface area contributed by atoms with Gasteiger partial charge < -0.3 is 37.2 Å². The summed E-state index contributed by atoms with van der Waals surface area (Å²) >= 11 is 0. The third-order valence-corrected chi connectivity index (χ3v) is 4.95. The number of carbonyl (C=O) groups excluding carboxylic acids is 4. The van der Waals surface area contributed by atoms with Crippen LogP contribution in [0.1, 0.15) is 11.1 Å². The molecule has 4 amide bonds. The minimum Gasteiger partial charge on any atom is -0.508 e. The second-order valence-electron chi connectivity index (χ2n) is 7.89. The van der Waals surface area contributed by atoms with Gasteiger partial charge in [-0.25, -0.2) is 0 Å². The first kappa shape index (κ1) is 27.8. The molecule has 0 saturated heterocycles. The highest BCUT2D eigenvalue weighted by Crippen LogP contribution is 2.10. The van der Waals surface area contributed by atoms with Crippen LogP contribution in [0, 0.1) is 0 Å². The third-order valence-electron chi connectivity index (χ3n) is 4.95. The highest BCUT2D eigenvalue weighted by atomic mass is 16.4. The quantitative estimate of drug-likeness (QED) is 0.171. The van der Waals surface area contributed by atoms with Gasteiger partial charge in [-0.3, -0.25) is 24.0 Å². The Bertz CT molecular complexity index is 1060. The Balaban J connectivity index is 1.79. The molecule has 0 heterocycles. The molecule has 36 heavy (non-hydrogen) atoms. The van der Waals surface area contributed by atoms with Gasteiger partial charge in [0.15, 0.2) is 0 Å². The zero-order chi connectivity index (χ0) is 26.5. The lowest BCUT2D eigenvalue weighted by Crippen LogP contribution is -2.52. The number of carbonyl (C=O) groups is 5. The Morgan fingerprint density at radius 3 is 1.94 bits per heavy atom. The molecule has 2 atom stereocenters. The molecule has 12 nitrogen and oxygen atoms in total. The van der Waals surface area contributed by atoms with E-state index in [4.69, 9.17) is 10.8 Å². The number of aromatic hydroxyl groups is 1. The summed E-state index contributed by atoms with van der Waals surface area (Å²) in [5.41, 5.74) is 7.31. The molecule has 0 saturated carbocycles. The molecule has 0 unspecified atom stereocenters. The summed E-state index contributed by atoms with van der Waals surface area (Å²) < 4.78 is 0. The van der Waals surface area contributed by atoms with Crippen molar-refractivity contribution in [3.05, 3.63) is 65.7 Å². The van der Waals surface area contributed by atoms with Gasteiger partial charge in [0.1, 0.15) is 18.3 Å². The summed E-state index contributed by atoms with van der Waals surface area (Å²) in [6.07, 6.45) is 0.309. The summed E-state index contributed by atoms with van der Waals surface area (Å²) in [5, 5.41) is 27.5. The van der Waals surface area contributed by atoms with Crippen LogP contribution < -0.4 is 27.0 Å². The van der Waals surface area contributed by atoms with Gasteiger partial charge in [-0.2, -0.15) is 0 Å². The maximum atomic E-state index is 12.4. The molecule has 0 aromatic heterocycles. The molecular weight excluding hydrogens is 470 g/mol. The number of hydrogen-bond donors (Lipinski definition) is 7. The van der Waals surface area contributed by atoms with E-state index in [0.717, 1.165) is 11.1 Å². The van der Waals surface area contributed by atoms with Crippen LogP contribution in [0.25, 0.3) is 0 Å². The molecule has 8 N–H and O–H groups in total. The van der Waals surface area contributed by atoms with E-state index in [1.807, 2.05) is 0 Å². The number of phenols is 1. The van der Waals surface area contributed by atoms with Gasteiger partial charge in [-0.05, 0) is 29.7 Å². The van der Waals surface area contributed by atoms with Crippen molar-refractivity contribution < 1.29 is 34.2 Å². The van der Waals surface area contributed by atoms with Gasteiger partial charge in [-0.15, -0.1) is 0 Å². The number of nitrogens with one attached hydrogen (secondary N) is 4. The zero-order valence-electron chi connectivity index (χ0n) is 19.4. The van der Waals surface area contributed by atoms with Crippen LogP contribution in [0.15, 0.2) is 54.6 Å². The number of nitrogens with two attached hydrogens (primary N) is 1. The molecule has 0 fully saturated rings. The first-order valence-electron chi connectivity index (χ1n) is 11.0. The number of phenolic OH excluding ortho intramolecular Hbond substituents is 1. The maximum Gasteiger partial charge on any atom is 0.322 e. The lowest BCUT2D eigenvalue weighted by Gasteiger charge is -2.18. The predicted molar refractivity (Wildman–Crippen MR) is 129 cm³/mol. The fourth-order valence-corrected chi connectivity index (χ4v) is 3.11. The number of benzene rings is 2. The Labute approximate surface area is 207 Å². The summed E-state index contributed by atoms with van der Waals surface area (Å²) in [7, 11) is 0. The second kappa shape index (κ2) is 14.1. The topological polar surface area (TPSA) is 200 Å². The van der Waals surface area contributed by atoms with Gasteiger partial charge in [-0.1, -0.05) is 42.5 Å². The first-order valence-corrected chi connectivity index (χ1v) is 11.0. The lowest BCUT2D eigenvalue weighted by molar-refractivity contribution is -0.138. The first-order chi connectivity index (χ1) is 17.1. The minimum absolute atomic E-state index is 0.0877. The molecule has 12 heteroatoms. The summed E-state index contributed by atoms with van der Waals surface area (Å²) in [5.74, 6) is -3.72. The SMILES string of the molecule is N[C@@H](Cc1ccc(O)cc1)C(=O)NCC(=O)NCC(=O)N[C@@H](Cc1ccccc1)C(=O)NCC(=O)O. The summed E-state index contributed by atoms with van der Waals surface area (Å²) in [6.45, 7) is -1.49. The molecule has 2 aromatic rings. The smallest absolute Gasteiger partial charge is 0.322 e. The predicted octanol–water partition coefficient (Wildman–Crippen LogP) is -1.58. The van der Waals surface area contributed by atoms with E-state index in [-0.39, 0.29) is 18.6 Å². The number of carboxylic acids is 1. The summed E-state index contributed by atoms with van der Waals surface area (Å²) in [4.78, 5) is 59.6. The Hall–Kier alpha value is -4.45. The Kier molecular flexibility index (Phi) is 10.9. The molecule has 0 bridgehead atoms. The fraction of sp³-hybridized carbons (Fsp3) is 0.292. The highest BCUT2D eigenvalue weighted by molar-refractivity contribution is 5.92. The standard InChI is InChI=1S/C24H29N5O7/c25-18(10-16-6-8-17(30)9-7-16)23(35)27-12-20(31)26-13-21(32)29-19(24(36)28-14-22(33)34)11-15-4-2-1-3-5-15/h1-9,18-19,30H,10-14,25H2,(H,26,31)(H,27,35)(H,28,36)(H,29,32)(H,33,34)/t18-,19-/m0/s1. The normalized spacial score (nSPS) is 12.0. The molecule has 2 rings (SSSR count). The average Bonchev–Trinajstić information content (AvgIpc) is 2.86. The number of amides is 4. The largest absolute Gasteiger partial charge is 0.508 e. The van der Waals surface area contributed by atoms with Crippen molar-refractivity contribution in [3.63, 3.8) is 0 Å². The van der Waals surface area contributed by atoms with E-state index < -0.39 is 61.3 Å². The van der Waals surface area contributed by atoms with E-state index in [2.05, 4.69) is 21.3 Å². The van der Waals surface area contributed by atoms with E-state index >= 15 is 0 Å². The molecule has 0 spiro atoms. The number of carboxylic acid groups (broad SMARTS) is 1. The van der Waals surface area contributed by atoms with Crippen molar-refractivity contribution in [1.82, 2.24) is 21.3 Å². The highest BCUT2D eigenvalue weighted by Gasteiger charge is 2.22. The van der Waals surface area contributed by atoms with Crippen molar-refractivity contribution in [3.8, 4) is 5.75 Å². The Morgan fingerprint density at radius 1 is 0.722 bits per heavy atom. The van der Waals surface area contributed by atoms with Crippen LogP contribution in [0.3, 0.4) is 0 Å². The molecule has 0 radical (unpaired) electrons. The van der Waals surface area contributed by atoms with Crippen molar-refractivity contribution in [1.29, 1.82) is 0 Å². The number of aliphatic carboxylic acids is 1. The maximum absolute atomic E-state index is 12.4. The fourth-order valence-electron chi connectivity index (χ4n) is 3.11. The average molecular weight is 500 g/mol. The number of rotatable bonds is 13. The van der Waals surface area contributed by atoms with Crippen molar-refractivity contribution in [2.45, 2.75) is 24.9 Å².